The van der Waals surface area contributed by atoms with Gasteiger partial charge in [-0.1, -0.05) is 36.4 Å². The Kier molecular flexibility index (Phi) is 2.66. The summed E-state index contributed by atoms with van der Waals surface area (Å²) in [7, 11) is 0. The molecule has 0 fully saturated rings. The number of hydrogen-bond acceptors (Lipinski definition) is 3. The molecule has 0 unspecified atom stereocenters. The van der Waals surface area contributed by atoms with Crippen molar-refractivity contribution in [2.75, 3.05) is 0 Å². The summed E-state index contributed by atoms with van der Waals surface area (Å²) < 4.78 is 1.94. The van der Waals surface area contributed by atoms with Gasteiger partial charge in [-0.2, -0.15) is 0 Å². The summed E-state index contributed by atoms with van der Waals surface area (Å²) in [5.41, 5.74) is 2.06. The monoisotopic (exact) mass is 289 g/mol. The van der Waals surface area contributed by atoms with Crippen LogP contribution in [0, 0.1) is 0 Å². The number of fused-ring (bicyclic) bond motifs is 3. The number of aromatic carboxylic acids is 1. The third-order valence-corrected chi connectivity index (χ3v) is 3.67. The number of hydrogen-bond donors (Lipinski definition) is 1. The van der Waals surface area contributed by atoms with Crippen LogP contribution >= 0.6 is 0 Å². The Balaban J connectivity index is 2.06. The molecule has 0 bridgehead atoms. The van der Waals surface area contributed by atoms with Crippen molar-refractivity contribution in [3.8, 4) is 5.95 Å². The van der Waals surface area contributed by atoms with Crippen molar-refractivity contribution in [1.29, 1.82) is 0 Å². The van der Waals surface area contributed by atoms with E-state index in [9.17, 15) is 4.79 Å². The molecule has 0 aliphatic heterocycles. The maximum absolute atomic E-state index is 10.9. The molecule has 106 valence electrons. The highest BCUT2D eigenvalue weighted by atomic mass is 16.4. The van der Waals surface area contributed by atoms with Crippen LogP contribution in [-0.4, -0.2) is 25.6 Å². The molecule has 0 saturated carbocycles. The minimum Gasteiger partial charge on any atom is -0.478 e. The second-order valence-electron chi connectivity index (χ2n) is 4.95. The van der Waals surface area contributed by atoms with E-state index < -0.39 is 5.97 Å². The summed E-state index contributed by atoms with van der Waals surface area (Å²) in [5, 5.41) is 11.2. The maximum Gasteiger partial charge on any atom is 0.338 e. The van der Waals surface area contributed by atoms with Crippen molar-refractivity contribution in [3.05, 3.63) is 66.5 Å². The lowest BCUT2D eigenvalue weighted by Gasteiger charge is -2.05. The van der Waals surface area contributed by atoms with Crippen molar-refractivity contribution in [3.63, 3.8) is 0 Å². The Morgan fingerprint density at radius 2 is 1.36 bits per heavy atom. The van der Waals surface area contributed by atoms with Crippen LogP contribution in [0.4, 0.5) is 0 Å². The van der Waals surface area contributed by atoms with E-state index in [1.165, 1.54) is 12.4 Å². The lowest BCUT2D eigenvalue weighted by Crippen LogP contribution is -2.04. The molecule has 0 spiro atoms. The molecule has 4 rings (SSSR count). The van der Waals surface area contributed by atoms with E-state index in [1.807, 2.05) is 41.0 Å². The van der Waals surface area contributed by atoms with Crippen molar-refractivity contribution < 1.29 is 9.90 Å². The predicted octanol–water partition coefficient (Wildman–Crippen LogP) is 3.27. The largest absolute Gasteiger partial charge is 0.478 e. The number of carbonyl (C=O) groups is 1. The molecule has 5 nitrogen and oxygen atoms in total. The highest BCUT2D eigenvalue weighted by Gasteiger charge is 2.13. The molecule has 0 aliphatic rings. The van der Waals surface area contributed by atoms with Gasteiger partial charge in [0, 0.05) is 23.2 Å². The molecule has 0 amide bonds. The summed E-state index contributed by atoms with van der Waals surface area (Å²) in [4.78, 5) is 19.4. The lowest BCUT2D eigenvalue weighted by molar-refractivity contribution is 0.0696. The maximum atomic E-state index is 10.9. The van der Waals surface area contributed by atoms with E-state index in [0.717, 1.165) is 21.8 Å². The zero-order valence-electron chi connectivity index (χ0n) is 11.5. The van der Waals surface area contributed by atoms with Gasteiger partial charge in [0.1, 0.15) is 0 Å². The van der Waals surface area contributed by atoms with Gasteiger partial charge < -0.3 is 5.11 Å². The summed E-state index contributed by atoms with van der Waals surface area (Å²) in [6.45, 7) is 0. The molecule has 5 heteroatoms. The second kappa shape index (κ2) is 4.66. The molecule has 0 aliphatic carbocycles. The smallest absolute Gasteiger partial charge is 0.338 e. The standard InChI is InChI=1S/C17H11N3O2/c21-16(22)11-9-18-17(19-10-11)20-14-7-3-1-5-12(14)13-6-2-4-8-15(13)20/h1-10H,(H,21,22). The quantitative estimate of drug-likeness (QED) is 0.615. The Bertz CT molecular complexity index is 950. The molecular weight excluding hydrogens is 278 g/mol. The van der Waals surface area contributed by atoms with Crippen LogP contribution in [0.3, 0.4) is 0 Å². The number of benzene rings is 2. The van der Waals surface area contributed by atoms with Gasteiger partial charge in [0.15, 0.2) is 0 Å². The van der Waals surface area contributed by atoms with Crippen LogP contribution in [-0.2, 0) is 0 Å². The zero-order valence-corrected chi connectivity index (χ0v) is 11.5. The number of rotatable bonds is 2. The van der Waals surface area contributed by atoms with Crippen molar-refractivity contribution in [1.82, 2.24) is 14.5 Å². The summed E-state index contributed by atoms with van der Waals surface area (Å²) in [6.07, 6.45) is 2.66. The third-order valence-electron chi connectivity index (χ3n) is 3.67. The van der Waals surface area contributed by atoms with Gasteiger partial charge in [-0.15, -0.1) is 0 Å². The van der Waals surface area contributed by atoms with Crippen molar-refractivity contribution in [2.24, 2.45) is 0 Å². The van der Waals surface area contributed by atoms with E-state index in [1.54, 1.807) is 0 Å². The fourth-order valence-corrected chi connectivity index (χ4v) is 2.69. The van der Waals surface area contributed by atoms with Gasteiger partial charge >= 0.3 is 5.97 Å². The molecule has 4 aromatic rings. The Labute approximate surface area is 125 Å². The van der Waals surface area contributed by atoms with Crippen LogP contribution in [0.25, 0.3) is 27.8 Å². The van der Waals surface area contributed by atoms with Crippen LogP contribution in [0.5, 0.6) is 0 Å². The summed E-state index contributed by atoms with van der Waals surface area (Å²) in [6, 6.07) is 16.0. The summed E-state index contributed by atoms with van der Waals surface area (Å²) >= 11 is 0. The first kappa shape index (κ1) is 12.5. The number of para-hydroxylation sites is 2. The first-order valence-electron chi connectivity index (χ1n) is 6.79. The number of carboxylic acid groups (broad SMARTS) is 1. The molecule has 0 atom stereocenters. The van der Waals surface area contributed by atoms with Crippen LogP contribution < -0.4 is 0 Å². The van der Waals surface area contributed by atoms with E-state index in [-0.39, 0.29) is 5.56 Å². The Morgan fingerprint density at radius 3 is 1.86 bits per heavy atom. The third kappa shape index (κ3) is 1.76. The van der Waals surface area contributed by atoms with Gasteiger partial charge in [-0.3, -0.25) is 4.57 Å². The molecule has 0 radical (unpaired) electrons. The number of carboxylic acids is 1. The molecule has 0 saturated heterocycles. The normalized spacial score (nSPS) is 11.1. The van der Waals surface area contributed by atoms with Crippen molar-refractivity contribution >= 4 is 27.8 Å². The molecule has 2 heterocycles. The Hall–Kier alpha value is -3.21. The van der Waals surface area contributed by atoms with Gasteiger partial charge in [-0.05, 0) is 12.1 Å². The fraction of sp³-hybridized carbons (Fsp3) is 0. The highest BCUT2D eigenvalue weighted by molar-refractivity contribution is 6.08. The first-order valence-corrected chi connectivity index (χ1v) is 6.79. The predicted molar refractivity (Wildman–Crippen MR) is 83.3 cm³/mol. The second-order valence-corrected chi connectivity index (χ2v) is 4.95. The van der Waals surface area contributed by atoms with E-state index >= 15 is 0 Å². The van der Waals surface area contributed by atoms with Gasteiger partial charge in [0.25, 0.3) is 0 Å². The lowest BCUT2D eigenvalue weighted by atomic mass is 10.2. The van der Waals surface area contributed by atoms with Crippen LogP contribution in [0.1, 0.15) is 10.4 Å². The molecule has 2 aromatic carbocycles. The molecule has 22 heavy (non-hydrogen) atoms. The van der Waals surface area contributed by atoms with Gasteiger partial charge in [-0.25, -0.2) is 14.8 Å². The average molecular weight is 289 g/mol. The van der Waals surface area contributed by atoms with Gasteiger partial charge in [0.05, 0.1) is 16.6 Å². The van der Waals surface area contributed by atoms with Crippen LogP contribution in [0.2, 0.25) is 0 Å². The van der Waals surface area contributed by atoms with Gasteiger partial charge in [0.2, 0.25) is 5.95 Å². The van der Waals surface area contributed by atoms with E-state index in [2.05, 4.69) is 22.1 Å². The molecular formula is C17H11N3O2. The minimum absolute atomic E-state index is 0.0736. The summed E-state index contributed by atoms with van der Waals surface area (Å²) in [5.74, 6) is -0.573. The van der Waals surface area contributed by atoms with E-state index in [0.29, 0.717) is 5.95 Å². The van der Waals surface area contributed by atoms with Crippen molar-refractivity contribution in [2.45, 2.75) is 0 Å². The first-order chi connectivity index (χ1) is 10.8. The highest BCUT2D eigenvalue weighted by Crippen LogP contribution is 2.30. The topological polar surface area (TPSA) is 68.0 Å². The van der Waals surface area contributed by atoms with Crippen LogP contribution in [0.15, 0.2) is 60.9 Å². The average Bonchev–Trinajstić information content (AvgIpc) is 2.89. The number of aromatic nitrogens is 3. The molecule has 1 N–H and O–H groups in total. The van der Waals surface area contributed by atoms with E-state index in [4.69, 9.17) is 5.11 Å². The molecule has 2 aromatic heterocycles. The SMILES string of the molecule is O=C(O)c1cnc(-n2c3ccccc3c3ccccc32)nc1. The zero-order chi connectivity index (χ0) is 15.1. The Morgan fingerprint density at radius 1 is 0.864 bits per heavy atom. The fourth-order valence-electron chi connectivity index (χ4n) is 2.69. The minimum atomic E-state index is -1.03. The number of nitrogens with zero attached hydrogens (tertiary/aromatic N) is 3.